The fourth-order valence-electron chi connectivity index (χ4n) is 6.00. The molecule has 1 saturated heterocycles. The molecule has 1 atom stereocenters. The normalized spacial score (nSPS) is 17.2. The van der Waals surface area contributed by atoms with Gasteiger partial charge in [0.1, 0.15) is 17.0 Å². The lowest BCUT2D eigenvalue weighted by Crippen LogP contribution is -2.39. The summed E-state index contributed by atoms with van der Waals surface area (Å²) >= 11 is 0. The van der Waals surface area contributed by atoms with E-state index in [0.717, 1.165) is 79.1 Å². The van der Waals surface area contributed by atoms with Gasteiger partial charge in [-0.15, -0.1) is 0 Å². The number of hydrogen-bond acceptors (Lipinski definition) is 10. The summed E-state index contributed by atoms with van der Waals surface area (Å²) in [7, 11) is 3.83. The third kappa shape index (κ3) is 6.42. The zero-order valence-corrected chi connectivity index (χ0v) is 26.2. The van der Waals surface area contributed by atoms with Crippen LogP contribution in [-0.2, 0) is 6.54 Å². The monoisotopic (exact) mass is 597 g/mol. The maximum atomic E-state index is 10.4. The molecule has 0 radical (unpaired) electrons. The summed E-state index contributed by atoms with van der Waals surface area (Å²) in [5.74, 6) is 3.19. The van der Waals surface area contributed by atoms with Gasteiger partial charge in [-0.25, -0.2) is 4.98 Å². The van der Waals surface area contributed by atoms with Crippen LogP contribution in [0.4, 0.5) is 11.8 Å². The fourth-order valence-corrected chi connectivity index (χ4v) is 6.00. The van der Waals surface area contributed by atoms with Gasteiger partial charge in [-0.05, 0) is 70.6 Å². The Morgan fingerprint density at radius 2 is 1.89 bits per heavy atom. The minimum Gasteiger partial charge on any atom is -0.497 e. The Labute approximate surface area is 259 Å². The van der Waals surface area contributed by atoms with Gasteiger partial charge in [0.05, 0.1) is 31.3 Å². The van der Waals surface area contributed by atoms with E-state index in [1.807, 2.05) is 42.4 Å². The van der Waals surface area contributed by atoms with Crippen LogP contribution in [0.1, 0.15) is 63.1 Å². The quantitative estimate of drug-likeness (QED) is 0.239. The van der Waals surface area contributed by atoms with Crippen molar-refractivity contribution in [3.8, 4) is 22.6 Å². The number of nitrogens with zero attached hydrogens (tertiary/aromatic N) is 6. The number of unbranched alkanes of at least 4 members (excludes halogenated alkanes) is 1. The van der Waals surface area contributed by atoms with E-state index in [1.165, 1.54) is 0 Å². The highest BCUT2D eigenvalue weighted by Crippen LogP contribution is 2.34. The minimum atomic E-state index is -0.551. The maximum absolute atomic E-state index is 10.4. The third-order valence-corrected chi connectivity index (χ3v) is 8.93. The number of anilines is 2. The molecule has 1 aromatic carbocycles. The van der Waals surface area contributed by atoms with E-state index in [-0.39, 0.29) is 6.61 Å². The Morgan fingerprint density at radius 1 is 1.07 bits per heavy atom. The van der Waals surface area contributed by atoms with E-state index < -0.39 is 5.54 Å². The molecule has 0 aliphatic carbocycles. The zero-order valence-electron chi connectivity index (χ0n) is 26.2. The van der Waals surface area contributed by atoms with Crippen LogP contribution in [0.3, 0.4) is 0 Å². The predicted molar refractivity (Wildman–Crippen MR) is 173 cm³/mol. The number of aliphatic hydroxyl groups is 1. The highest BCUT2D eigenvalue weighted by atomic mass is 16.5. The molecule has 3 aromatic heterocycles. The molecule has 0 amide bonds. The second-order valence-electron chi connectivity index (χ2n) is 12.4. The van der Waals surface area contributed by atoms with Crippen molar-refractivity contribution in [1.82, 2.24) is 24.8 Å². The van der Waals surface area contributed by atoms with Crippen LogP contribution in [0.2, 0.25) is 0 Å². The van der Waals surface area contributed by atoms with Gasteiger partial charge in [0, 0.05) is 46.8 Å². The third-order valence-electron chi connectivity index (χ3n) is 8.93. The molecule has 2 N–H and O–H groups in total. The first-order chi connectivity index (χ1) is 21.4. The molecular formula is C34H43N7O3. The average molecular weight is 598 g/mol. The molecule has 44 heavy (non-hydrogen) atoms. The van der Waals surface area contributed by atoms with Crippen molar-refractivity contribution in [2.24, 2.45) is 0 Å². The highest BCUT2D eigenvalue weighted by molar-refractivity contribution is 5.89. The lowest BCUT2D eigenvalue weighted by atomic mass is 9.93. The molecule has 10 nitrogen and oxygen atoms in total. The van der Waals surface area contributed by atoms with E-state index in [0.29, 0.717) is 42.0 Å². The highest BCUT2D eigenvalue weighted by Gasteiger charge is 2.27. The van der Waals surface area contributed by atoms with E-state index >= 15 is 0 Å². The van der Waals surface area contributed by atoms with Crippen molar-refractivity contribution in [2.45, 2.75) is 64.0 Å². The van der Waals surface area contributed by atoms with Crippen molar-refractivity contribution in [2.75, 3.05) is 50.8 Å². The zero-order chi connectivity index (χ0) is 30.7. The summed E-state index contributed by atoms with van der Waals surface area (Å²) < 4.78 is 11.5. The number of methoxy groups -OCH3 is 1. The lowest BCUT2D eigenvalue weighted by molar-refractivity contribution is 0.212. The number of piperidine rings is 1. The maximum Gasteiger partial charge on any atom is 0.230 e. The second kappa shape index (κ2) is 12.9. The van der Waals surface area contributed by atoms with Crippen molar-refractivity contribution >= 4 is 22.8 Å². The molecule has 10 heteroatoms. The van der Waals surface area contributed by atoms with Gasteiger partial charge in [0.2, 0.25) is 5.95 Å². The van der Waals surface area contributed by atoms with Gasteiger partial charge >= 0.3 is 0 Å². The van der Waals surface area contributed by atoms with Gasteiger partial charge in [-0.2, -0.15) is 4.98 Å². The summed E-state index contributed by atoms with van der Waals surface area (Å²) in [6.07, 6.45) is 8.91. The van der Waals surface area contributed by atoms with Crippen LogP contribution >= 0.6 is 0 Å². The number of aliphatic hydroxyl groups excluding tert-OH is 1. The summed E-state index contributed by atoms with van der Waals surface area (Å²) in [6.45, 7) is 7.25. The Hall–Kier alpha value is -4.02. The SMILES string of the molecule is CCCC[C@](C)(CO)Nc1nc(N2COc3cc(OC)ccc3C2)nc2cc(-c3ccc(C4CCN(C)CC4)nc3)cnc12. The first-order valence-corrected chi connectivity index (χ1v) is 15.6. The Kier molecular flexibility index (Phi) is 8.81. The molecule has 0 unspecified atom stereocenters. The summed E-state index contributed by atoms with van der Waals surface area (Å²) in [5.41, 5.74) is 4.95. The van der Waals surface area contributed by atoms with Crippen LogP contribution in [0.15, 0.2) is 48.8 Å². The van der Waals surface area contributed by atoms with Crippen molar-refractivity contribution in [3.63, 3.8) is 0 Å². The van der Waals surface area contributed by atoms with E-state index in [4.69, 9.17) is 29.4 Å². The van der Waals surface area contributed by atoms with Crippen molar-refractivity contribution in [1.29, 1.82) is 0 Å². The number of benzene rings is 1. The lowest BCUT2D eigenvalue weighted by Gasteiger charge is -2.32. The summed E-state index contributed by atoms with van der Waals surface area (Å²) in [4.78, 5) is 24.0. The van der Waals surface area contributed by atoms with Crippen LogP contribution in [0.5, 0.6) is 11.5 Å². The number of rotatable bonds is 10. The molecule has 2 aliphatic heterocycles. The molecular weight excluding hydrogens is 554 g/mol. The predicted octanol–water partition coefficient (Wildman–Crippen LogP) is 5.61. The van der Waals surface area contributed by atoms with Gasteiger partial charge in [-0.1, -0.05) is 25.8 Å². The molecule has 0 spiro atoms. The number of nitrogens with one attached hydrogen (secondary N) is 1. The van der Waals surface area contributed by atoms with Crippen LogP contribution in [0.25, 0.3) is 22.2 Å². The van der Waals surface area contributed by atoms with Gasteiger partial charge < -0.3 is 29.7 Å². The van der Waals surface area contributed by atoms with Gasteiger partial charge in [0.25, 0.3) is 0 Å². The topological polar surface area (TPSA) is 109 Å². The minimum absolute atomic E-state index is 0.0246. The number of likely N-dealkylation sites (tertiary alicyclic amines) is 1. The number of pyridine rings is 2. The first-order valence-electron chi connectivity index (χ1n) is 15.6. The van der Waals surface area contributed by atoms with Crippen molar-refractivity contribution < 1.29 is 14.6 Å². The summed E-state index contributed by atoms with van der Waals surface area (Å²) in [6, 6.07) is 12.2. The number of aromatic nitrogens is 4. The number of hydrogen-bond donors (Lipinski definition) is 2. The second-order valence-corrected chi connectivity index (χ2v) is 12.4. The van der Waals surface area contributed by atoms with Gasteiger partial charge in [-0.3, -0.25) is 9.97 Å². The van der Waals surface area contributed by atoms with Crippen molar-refractivity contribution in [3.05, 3.63) is 60.0 Å². The van der Waals surface area contributed by atoms with E-state index in [2.05, 4.69) is 42.4 Å². The Bertz CT molecular complexity index is 1590. The molecule has 0 saturated carbocycles. The molecule has 5 heterocycles. The molecule has 4 aromatic rings. The standard InChI is InChI=1S/C34H43N7O3/c1-5-6-13-34(2,21-42)39-32-31-29(37-33(38-32)41-20-25-7-9-27(43-4)17-30(25)44-22-41)16-26(19-36-31)24-8-10-28(35-18-24)23-11-14-40(3)15-12-23/h7-10,16-19,23,42H,5-6,11-15,20-22H2,1-4H3,(H,37,38,39)/t34-/m1/s1. The van der Waals surface area contributed by atoms with E-state index in [1.54, 1.807) is 7.11 Å². The first kappa shape index (κ1) is 30.0. The Balaban J connectivity index is 1.34. The molecule has 232 valence electrons. The van der Waals surface area contributed by atoms with Crippen LogP contribution < -0.4 is 19.7 Å². The smallest absolute Gasteiger partial charge is 0.230 e. The van der Waals surface area contributed by atoms with Crippen LogP contribution in [-0.4, -0.2) is 76.1 Å². The average Bonchev–Trinajstić information content (AvgIpc) is 3.07. The number of fused-ring (bicyclic) bond motifs is 2. The summed E-state index contributed by atoms with van der Waals surface area (Å²) in [5, 5.41) is 13.9. The largest absolute Gasteiger partial charge is 0.497 e. The molecule has 2 aliphatic rings. The molecule has 6 rings (SSSR count). The fraction of sp³-hybridized carbons (Fsp3) is 0.471. The number of ether oxygens (including phenoxy) is 2. The van der Waals surface area contributed by atoms with E-state index in [9.17, 15) is 5.11 Å². The Morgan fingerprint density at radius 3 is 2.61 bits per heavy atom. The molecule has 1 fully saturated rings. The van der Waals surface area contributed by atoms with Gasteiger partial charge in [0.15, 0.2) is 12.5 Å². The van der Waals surface area contributed by atoms with Crippen LogP contribution in [0, 0.1) is 0 Å². The molecule has 0 bridgehead atoms.